The zero-order valence-corrected chi connectivity index (χ0v) is 12.9. The molecule has 1 amide bonds. The van der Waals surface area contributed by atoms with Crippen LogP contribution >= 0.6 is 0 Å². The second kappa shape index (κ2) is 6.98. The fourth-order valence-electron chi connectivity index (χ4n) is 1.56. The Balaban J connectivity index is 3.65. The van der Waals surface area contributed by atoms with Crippen LogP contribution in [0.15, 0.2) is 0 Å². The molecule has 0 aliphatic carbocycles. The van der Waals surface area contributed by atoms with E-state index in [1.54, 1.807) is 0 Å². The van der Waals surface area contributed by atoms with Crippen LogP contribution in [0.4, 0.5) is 4.79 Å². The molecule has 108 valence electrons. The molecule has 0 aromatic carbocycles. The highest BCUT2D eigenvalue weighted by Gasteiger charge is 2.16. The molecule has 1 unspecified atom stereocenters. The maximum atomic E-state index is 11.4. The van der Waals surface area contributed by atoms with Gasteiger partial charge in [0.2, 0.25) is 0 Å². The minimum absolute atomic E-state index is 0.113. The first-order chi connectivity index (χ1) is 7.99. The van der Waals surface area contributed by atoms with E-state index in [4.69, 9.17) is 9.47 Å². The third-order valence-corrected chi connectivity index (χ3v) is 2.01. The number of carbonyl (C=O) groups excluding carboxylic acids is 1. The van der Waals surface area contributed by atoms with E-state index in [1.807, 2.05) is 41.5 Å². The lowest BCUT2D eigenvalue weighted by atomic mass is 10.1. The summed E-state index contributed by atoms with van der Waals surface area (Å²) in [6.07, 6.45) is 1.65. The van der Waals surface area contributed by atoms with E-state index >= 15 is 0 Å². The number of hydrogen-bond acceptors (Lipinski definition) is 3. The van der Waals surface area contributed by atoms with Crippen LogP contribution in [0.2, 0.25) is 0 Å². The molecule has 18 heavy (non-hydrogen) atoms. The molecular formula is C14H29NO3. The number of nitrogens with one attached hydrogen (secondary N) is 1. The Hall–Kier alpha value is -0.770. The highest BCUT2D eigenvalue weighted by molar-refractivity contribution is 5.67. The molecule has 0 aromatic rings. The van der Waals surface area contributed by atoms with Gasteiger partial charge in [-0.3, -0.25) is 0 Å². The SMILES string of the molecule is CC(CCCNC(=O)OC(C)(C)C)OC(C)(C)C. The minimum Gasteiger partial charge on any atom is -0.444 e. The summed E-state index contributed by atoms with van der Waals surface area (Å²) in [6.45, 7) is 14.4. The van der Waals surface area contributed by atoms with Gasteiger partial charge in [0.15, 0.2) is 0 Å². The Morgan fingerprint density at radius 2 is 1.67 bits per heavy atom. The van der Waals surface area contributed by atoms with Crippen molar-refractivity contribution in [3.8, 4) is 0 Å². The first kappa shape index (κ1) is 17.2. The van der Waals surface area contributed by atoms with Crippen LogP contribution in [0.25, 0.3) is 0 Å². The number of carbonyl (C=O) groups is 1. The van der Waals surface area contributed by atoms with Gasteiger partial charge in [-0.1, -0.05) is 0 Å². The lowest BCUT2D eigenvalue weighted by Gasteiger charge is -2.25. The van der Waals surface area contributed by atoms with Crippen molar-refractivity contribution < 1.29 is 14.3 Å². The van der Waals surface area contributed by atoms with Gasteiger partial charge < -0.3 is 14.8 Å². The van der Waals surface area contributed by atoms with Gasteiger partial charge in [0.05, 0.1) is 11.7 Å². The van der Waals surface area contributed by atoms with E-state index in [0.29, 0.717) is 6.54 Å². The van der Waals surface area contributed by atoms with Crippen molar-refractivity contribution in [3.05, 3.63) is 0 Å². The van der Waals surface area contributed by atoms with Gasteiger partial charge in [0.25, 0.3) is 0 Å². The van der Waals surface area contributed by atoms with E-state index in [9.17, 15) is 4.79 Å². The van der Waals surface area contributed by atoms with Crippen LogP contribution in [0.1, 0.15) is 61.3 Å². The van der Waals surface area contributed by atoms with E-state index < -0.39 is 5.60 Å². The van der Waals surface area contributed by atoms with E-state index in [2.05, 4.69) is 12.2 Å². The second-order valence-corrected chi connectivity index (χ2v) is 6.61. The fourth-order valence-corrected chi connectivity index (χ4v) is 1.56. The Kier molecular flexibility index (Phi) is 6.68. The summed E-state index contributed by atoms with van der Waals surface area (Å²) in [5, 5.41) is 2.74. The lowest BCUT2D eigenvalue weighted by molar-refractivity contribution is -0.0547. The molecule has 0 saturated carbocycles. The number of hydrogen-bond donors (Lipinski definition) is 1. The normalized spacial score (nSPS) is 14.2. The van der Waals surface area contributed by atoms with Crippen LogP contribution in [-0.4, -0.2) is 29.9 Å². The topological polar surface area (TPSA) is 47.6 Å². The summed E-state index contributed by atoms with van der Waals surface area (Å²) in [7, 11) is 0. The van der Waals surface area contributed by atoms with E-state index in [-0.39, 0.29) is 17.8 Å². The first-order valence-electron chi connectivity index (χ1n) is 6.64. The van der Waals surface area contributed by atoms with Crippen molar-refractivity contribution in [2.24, 2.45) is 0 Å². The Morgan fingerprint density at radius 3 is 2.11 bits per heavy atom. The summed E-state index contributed by atoms with van der Waals surface area (Å²) in [6, 6.07) is 0. The Morgan fingerprint density at radius 1 is 1.11 bits per heavy atom. The third-order valence-electron chi connectivity index (χ3n) is 2.01. The summed E-state index contributed by atoms with van der Waals surface area (Å²) in [4.78, 5) is 11.4. The maximum absolute atomic E-state index is 11.4. The monoisotopic (exact) mass is 259 g/mol. The van der Waals surface area contributed by atoms with Crippen LogP contribution in [0, 0.1) is 0 Å². The molecule has 4 nitrogen and oxygen atoms in total. The summed E-state index contributed by atoms with van der Waals surface area (Å²) in [5.41, 5.74) is -0.551. The Labute approximate surface area is 111 Å². The molecule has 0 heterocycles. The van der Waals surface area contributed by atoms with Gasteiger partial charge in [0, 0.05) is 6.54 Å². The molecule has 1 N–H and O–H groups in total. The molecule has 4 heteroatoms. The van der Waals surface area contributed by atoms with Crippen molar-refractivity contribution in [2.75, 3.05) is 6.54 Å². The zero-order valence-electron chi connectivity index (χ0n) is 12.9. The smallest absolute Gasteiger partial charge is 0.407 e. The van der Waals surface area contributed by atoms with Crippen molar-refractivity contribution in [1.82, 2.24) is 5.32 Å². The first-order valence-corrected chi connectivity index (χ1v) is 6.64. The van der Waals surface area contributed by atoms with Crippen molar-refractivity contribution in [1.29, 1.82) is 0 Å². The largest absolute Gasteiger partial charge is 0.444 e. The molecule has 0 saturated heterocycles. The number of rotatable bonds is 5. The molecule has 0 bridgehead atoms. The zero-order chi connectivity index (χ0) is 14.4. The second-order valence-electron chi connectivity index (χ2n) is 6.61. The van der Waals surface area contributed by atoms with Crippen molar-refractivity contribution in [2.45, 2.75) is 78.6 Å². The van der Waals surface area contributed by atoms with Crippen molar-refractivity contribution >= 4 is 6.09 Å². The quantitative estimate of drug-likeness (QED) is 0.769. The predicted octanol–water partition coefficient (Wildman–Crippen LogP) is 3.49. The molecule has 1 atom stereocenters. The van der Waals surface area contributed by atoms with Gasteiger partial charge >= 0.3 is 6.09 Å². The van der Waals surface area contributed by atoms with Gasteiger partial charge in [-0.05, 0) is 61.3 Å². The third kappa shape index (κ3) is 11.7. The van der Waals surface area contributed by atoms with Gasteiger partial charge in [-0.2, -0.15) is 0 Å². The minimum atomic E-state index is -0.438. The van der Waals surface area contributed by atoms with Crippen LogP contribution in [0.3, 0.4) is 0 Å². The lowest BCUT2D eigenvalue weighted by Crippen LogP contribution is -2.33. The van der Waals surface area contributed by atoms with E-state index in [0.717, 1.165) is 12.8 Å². The number of amides is 1. The molecule has 0 aromatic heterocycles. The maximum Gasteiger partial charge on any atom is 0.407 e. The predicted molar refractivity (Wildman–Crippen MR) is 73.8 cm³/mol. The molecule has 0 aliphatic heterocycles. The average Bonchev–Trinajstić information content (AvgIpc) is 2.06. The molecule has 0 aliphatic rings. The highest BCUT2D eigenvalue weighted by atomic mass is 16.6. The highest BCUT2D eigenvalue weighted by Crippen LogP contribution is 2.13. The number of ether oxygens (including phenoxy) is 2. The summed E-state index contributed by atoms with van der Waals surface area (Å²) < 4.78 is 10.9. The van der Waals surface area contributed by atoms with Gasteiger partial charge in [-0.15, -0.1) is 0 Å². The Bertz CT molecular complexity index is 251. The molecule has 0 spiro atoms. The van der Waals surface area contributed by atoms with Crippen LogP contribution < -0.4 is 5.32 Å². The average molecular weight is 259 g/mol. The van der Waals surface area contributed by atoms with Gasteiger partial charge in [-0.25, -0.2) is 4.79 Å². The summed E-state index contributed by atoms with van der Waals surface area (Å²) >= 11 is 0. The summed E-state index contributed by atoms with van der Waals surface area (Å²) in [5.74, 6) is 0. The standard InChI is InChI=1S/C14H29NO3/c1-11(17-13(2,3)4)9-8-10-15-12(16)18-14(5,6)7/h11H,8-10H2,1-7H3,(H,15,16). The molecular weight excluding hydrogens is 230 g/mol. The van der Waals surface area contributed by atoms with Crippen LogP contribution in [0.5, 0.6) is 0 Å². The number of alkyl carbamates (subject to hydrolysis) is 1. The molecule has 0 radical (unpaired) electrons. The van der Waals surface area contributed by atoms with Crippen LogP contribution in [-0.2, 0) is 9.47 Å². The molecule has 0 rings (SSSR count). The van der Waals surface area contributed by atoms with E-state index in [1.165, 1.54) is 0 Å². The van der Waals surface area contributed by atoms with Crippen molar-refractivity contribution in [3.63, 3.8) is 0 Å². The molecule has 0 fully saturated rings. The van der Waals surface area contributed by atoms with Gasteiger partial charge in [0.1, 0.15) is 5.60 Å². The fraction of sp³-hybridized carbons (Fsp3) is 0.929.